The van der Waals surface area contributed by atoms with Crippen molar-refractivity contribution in [1.29, 1.82) is 0 Å². The number of aryl methyl sites for hydroxylation is 1. The third-order valence-corrected chi connectivity index (χ3v) is 1.98. The van der Waals surface area contributed by atoms with Gasteiger partial charge < -0.3 is 9.84 Å². The second kappa shape index (κ2) is 5.11. The van der Waals surface area contributed by atoms with Gasteiger partial charge in [-0.3, -0.25) is 10.1 Å². The number of hydrogen-bond donors (Lipinski definition) is 1. The maximum atomic E-state index is 10.7. The van der Waals surface area contributed by atoms with Gasteiger partial charge in [0.05, 0.1) is 4.92 Å². The molecule has 0 saturated heterocycles. The molecule has 1 aromatic rings. The van der Waals surface area contributed by atoms with Crippen LogP contribution in [0.2, 0.25) is 0 Å². The van der Waals surface area contributed by atoms with Crippen molar-refractivity contribution in [3.8, 4) is 5.75 Å². The number of carboxylic acids is 1. The maximum absolute atomic E-state index is 10.7. The first kappa shape index (κ1) is 12.0. The van der Waals surface area contributed by atoms with Gasteiger partial charge in [-0.2, -0.15) is 0 Å². The number of rotatable bonds is 5. The van der Waals surface area contributed by atoms with E-state index >= 15 is 0 Å². The molecule has 0 bridgehead atoms. The van der Waals surface area contributed by atoms with Gasteiger partial charge in [0.25, 0.3) is 0 Å². The Kier molecular flexibility index (Phi) is 3.82. The number of aliphatic carboxylic acids is 1. The Hall–Kier alpha value is -2.11. The fourth-order valence-corrected chi connectivity index (χ4v) is 1.19. The first-order chi connectivity index (χ1) is 7.54. The van der Waals surface area contributed by atoms with E-state index in [1.807, 2.05) is 6.92 Å². The zero-order chi connectivity index (χ0) is 12.1. The van der Waals surface area contributed by atoms with E-state index in [-0.39, 0.29) is 11.4 Å². The van der Waals surface area contributed by atoms with Crippen LogP contribution in [0.1, 0.15) is 12.5 Å². The van der Waals surface area contributed by atoms with Gasteiger partial charge in [-0.05, 0) is 18.1 Å². The molecule has 16 heavy (non-hydrogen) atoms. The smallest absolute Gasteiger partial charge is 0.341 e. The van der Waals surface area contributed by atoms with Gasteiger partial charge in [-0.1, -0.05) is 13.0 Å². The molecule has 86 valence electrons. The Balaban J connectivity index is 2.98. The van der Waals surface area contributed by atoms with Crippen LogP contribution in [0.4, 0.5) is 5.69 Å². The van der Waals surface area contributed by atoms with E-state index in [1.165, 1.54) is 12.1 Å². The van der Waals surface area contributed by atoms with E-state index in [2.05, 4.69) is 0 Å². The molecule has 1 N–H and O–H groups in total. The Morgan fingerprint density at radius 1 is 1.56 bits per heavy atom. The maximum Gasteiger partial charge on any atom is 0.341 e. The Morgan fingerprint density at radius 2 is 2.25 bits per heavy atom. The highest BCUT2D eigenvalue weighted by molar-refractivity contribution is 5.68. The number of nitro benzene ring substituents is 1. The number of ether oxygens (including phenoxy) is 1. The molecular formula is C10H11NO5. The normalized spacial score (nSPS) is 9.81. The molecule has 1 aromatic carbocycles. The number of benzene rings is 1. The van der Waals surface area contributed by atoms with Gasteiger partial charge in [-0.15, -0.1) is 0 Å². The summed E-state index contributed by atoms with van der Waals surface area (Å²) in [6.45, 7) is 1.28. The lowest BCUT2D eigenvalue weighted by molar-refractivity contribution is -0.385. The summed E-state index contributed by atoms with van der Waals surface area (Å²) in [5.41, 5.74) is 0.593. The highest BCUT2D eigenvalue weighted by Gasteiger charge is 2.16. The van der Waals surface area contributed by atoms with Crippen LogP contribution >= 0.6 is 0 Å². The zero-order valence-electron chi connectivity index (χ0n) is 8.67. The number of carbonyl (C=O) groups is 1. The van der Waals surface area contributed by atoms with Crippen LogP contribution in [0.3, 0.4) is 0 Å². The lowest BCUT2D eigenvalue weighted by Gasteiger charge is -2.05. The molecule has 0 unspecified atom stereocenters. The largest absolute Gasteiger partial charge is 0.479 e. The van der Waals surface area contributed by atoms with Crippen molar-refractivity contribution in [3.05, 3.63) is 33.9 Å². The summed E-state index contributed by atoms with van der Waals surface area (Å²) >= 11 is 0. The molecule has 0 saturated carbocycles. The lowest BCUT2D eigenvalue weighted by Crippen LogP contribution is -2.10. The van der Waals surface area contributed by atoms with Crippen LogP contribution in [-0.4, -0.2) is 22.6 Å². The summed E-state index contributed by atoms with van der Waals surface area (Å²) in [7, 11) is 0. The molecule has 0 aromatic heterocycles. The van der Waals surface area contributed by atoms with Crippen molar-refractivity contribution in [1.82, 2.24) is 0 Å². The Labute approximate surface area is 91.6 Å². The van der Waals surface area contributed by atoms with Gasteiger partial charge in [0.2, 0.25) is 0 Å². The Bertz CT molecular complexity index is 416. The first-order valence-corrected chi connectivity index (χ1v) is 4.66. The summed E-state index contributed by atoms with van der Waals surface area (Å²) in [5, 5.41) is 19.1. The van der Waals surface area contributed by atoms with Crippen molar-refractivity contribution in [2.45, 2.75) is 13.3 Å². The molecule has 0 spiro atoms. The molecular weight excluding hydrogens is 214 g/mol. The third kappa shape index (κ3) is 2.94. The van der Waals surface area contributed by atoms with Crippen LogP contribution in [0, 0.1) is 10.1 Å². The first-order valence-electron chi connectivity index (χ1n) is 4.66. The number of carboxylic acid groups (broad SMARTS) is 1. The van der Waals surface area contributed by atoms with E-state index in [0.29, 0.717) is 6.42 Å². The van der Waals surface area contributed by atoms with E-state index in [1.54, 1.807) is 6.07 Å². The van der Waals surface area contributed by atoms with Crippen LogP contribution in [0.15, 0.2) is 18.2 Å². The third-order valence-electron chi connectivity index (χ3n) is 1.98. The van der Waals surface area contributed by atoms with Crippen LogP contribution < -0.4 is 4.74 Å². The quantitative estimate of drug-likeness (QED) is 0.607. The van der Waals surface area contributed by atoms with Gasteiger partial charge in [0, 0.05) is 6.07 Å². The molecule has 0 aliphatic rings. The molecule has 0 aliphatic carbocycles. The molecule has 0 radical (unpaired) electrons. The van der Waals surface area contributed by atoms with Crippen molar-refractivity contribution in [2.24, 2.45) is 0 Å². The number of nitro groups is 1. The summed E-state index contributed by atoms with van der Waals surface area (Å²) in [6, 6.07) is 4.47. The van der Waals surface area contributed by atoms with E-state index in [0.717, 1.165) is 5.56 Å². The van der Waals surface area contributed by atoms with Crippen LogP contribution in [0.5, 0.6) is 5.75 Å². The molecule has 0 fully saturated rings. The zero-order valence-corrected chi connectivity index (χ0v) is 8.67. The SMILES string of the molecule is CCc1ccc(OCC(=O)O)c([N+](=O)[O-])c1. The standard InChI is InChI=1S/C10H11NO5/c1-2-7-3-4-9(16-6-10(12)13)8(5-7)11(14)15/h3-5H,2,6H2,1H3,(H,12,13). The number of nitrogens with zero attached hydrogens (tertiary/aromatic N) is 1. The minimum Gasteiger partial charge on any atom is -0.479 e. The van der Waals surface area contributed by atoms with E-state index in [9.17, 15) is 14.9 Å². The second-order valence-corrected chi connectivity index (χ2v) is 3.10. The fraction of sp³-hybridized carbons (Fsp3) is 0.300. The topological polar surface area (TPSA) is 89.7 Å². The van der Waals surface area contributed by atoms with E-state index < -0.39 is 17.5 Å². The molecule has 0 heterocycles. The summed E-state index contributed by atoms with van der Waals surface area (Å²) in [4.78, 5) is 20.4. The summed E-state index contributed by atoms with van der Waals surface area (Å²) < 4.78 is 4.82. The van der Waals surface area contributed by atoms with Crippen molar-refractivity contribution >= 4 is 11.7 Å². The predicted molar refractivity (Wildman–Crippen MR) is 55.6 cm³/mol. The van der Waals surface area contributed by atoms with Gasteiger partial charge >= 0.3 is 11.7 Å². The highest BCUT2D eigenvalue weighted by atomic mass is 16.6. The monoisotopic (exact) mass is 225 g/mol. The molecule has 0 atom stereocenters. The molecule has 6 heteroatoms. The van der Waals surface area contributed by atoms with E-state index in [4.69, 9.17) is 9.84 Å². The average Bonchev–Trinajstić information content (AvgIpc) is 2.25. The fourth-order valence-electron chi connectivity index (χ4n) is 1.19. The van der Waals surface area contributed by atoms with Crippen LogP contribution in [-0.2, 0) is 11.2 Å². The van der Waals surface area contributed by atoms with Crippen molar-refractivity contribution in [3.63, 3.8) is 0 Å². The van der Waals surface area contributed by atoms with Crippen molar-refractivity contribution < 1.29 is 19.6 Å². The summed E-state index contributed by atoms with van der Waals surface area (Å²) in [5.74, 6) is -1.20. The number of hydrogen-bond acceptors (Lipinski definition) is 4. The molecule has 6 nitrogen and oxygen atoms in total. The summed E-state index contributed by atoms with van der Waals surface area (Å²) in [6.07, 6.45) is 0.667. The lowest BCUT2D eigenvalue weighted by atomic mass is 10.1. The van der Waals surface area contributed by atoms with Gasteiger partial charge in [0.1, 0.15) is 0 Å². The van der Waals surface area contributed by atoms with Gasteiger partial charge in [0.15, 0.2) is 12.4 Å². The Morgan fingerprint density at radius 3 is 2.75 bits per heavy atom. The molecule has 0 aliphatic heterocycles. The van der Waals surface area contributed by atoms with Crippen LogP contribution in [0.25, 0.3) is 0 Å². The average molecular weight is 225 g/mol. The minimum atomic E-state index is -1.17. The minimum absolute atomic E-state index is 0.0235. The predicted octanol–water partition coefficient (Wildman–Crippen LogP) is 1.62. The molecule has 0 amide bonds. The highest BCUT2D eigenvalue weighted by Crippen LogP contribution is 2.28. The van der Waals surface area contributed by atoms with Gasteiger partial charge in [-0.25, -0.2) is 4.79 Å². The molecule has 1 rings (SSSR count). The second-order valence-electron chi connectivity index (χ2n) is 3.10. The van der Waals surface area contributed by atoms with Crippen molar-refractivity contribution in [2.75, 3.05) is 6.61 Å².